The Morgan fingerprint density at radius 3 is 2.77 bits per heavy atom. The molecule has 0 aliphatic carbocycles. The molecule has 0 aliphatic heterocycles. The highest BCUT2D eigenvalue weighted by Gasteiger charge is 2.04. The van der Waals surface area contributed by atoms with Gasteiger partial charge in [0.1, 0.15) is 0 Å². The predicted octanol–water partition coefficient (Wildman–Crippen LogP) is 1.12. The second kappa shape index (κ2) is 10.2. The zero-order chi connectivity index (χ0) is 18.8. The highest BCUT2D eigenvalue weighted by molar-refractivity contribution is 5.94. The monoisotopic (exact) mass is 356 g/mol. The fraction of sp³-hybridized carbons (Fsp3) is 0.421. The van der Waals surface area contributed by atoms with Gasteiger partial charge in [-0.15, -0.1) is 0 Å². The molecule has 7 nitrogen and oxygen atoms in total. The maximum absolute atomic E-state index is 11.7. The van der Waals surface area contributed by atoms with E-state index in [2.05, 4.69) is 26.0 Å². The van der Waals surface area contributed by atoms with Gasteiger partial charge >= 0.3 is 0 Å². The molecule has 0 bridgehead atoms. The van der Waals surface area contributed by atoms with Crippen LogP contribution in [0.4, 0.5) is 0 Å². The molecule has 2 rings (SSSR count). The van der Waals surface area contributed by atoms with Gasteiger partial charge in [0.15, 0.2) is 5.96 Å². The minimum Gasteiger partial charge on any atom is -0.357 e. The summed E-state index contributed by atoms with van der Waals surface area (Å²) >= 11 is 0. The van der Waals surface area contributed by atoms with E-state index in [-0.39, 0.29) is 5.91 Å². The van der Waals surface area contributed by atoms with Gasteiger partial charge in [0, 0.05) is 45.5 Å². The summed E-state index contributed by atoms with van der Waals surface area (Å²) in [5.74, 6) is 0.736. The Morgan fingerprint density at radius 1 is 1.23 bits per heavy atom. The van der Waals surface area contributed by atoms with Crippen molar-refractivity contribution in [2.24, 2.45) is 12.0 Å². The van der Waals surface area contributed by atoms with E-state index in [0.717, 1.165) is 37.5 Å². The normalized spacial score (nSPS) is 11.3. The van der Waals surface area contributed by atoms with Gasteiger partial charge in [0.05, 0.1) is 6.20 Å². The smallest absolute Gasteiger partial charge is 0.251 e. The van der Waals surface area contributed by atoms with Gasteiger partial charge in [-0.05, 0) is 43.0 Å². The molecule has 1 aromatic heterocycles. The van der Waals surface area contributed by atoms with Crippen molar-refractivity contribution in [2.75, 3.05) is 26.7 Å². The first-order valence-corrected chi connectivity index (χ1v) is 8.93. The van der Waals surface area contributed by atoms with E-state index in [1.165, 1.54) is 5.56 Å². The van der Waals surface area contributed by atoms with E-state index in [1.807, 2.05) is 55.3 Å². The minimum absolute atomic E-state index is 0.0687. The second-order valence-corrected chi connectivity index (χ2v) is 5.99. The lowest BCUT2D eigenvalue weighted by Gasteiger charge is -2.11. The lowest BCUT2D eigenvalue weighted by Crippen LogP contribution is -2.38. The summed E-state index contributed by atoms with van der Waals surface area (Å²) in [6, 6.07) is 7.65. The van der Waals surface area contributed by atoms with Gasteiger partial charge in [-0.2, -0.15) is 5.10 Å². The van der Waals surface area contributed by atoms with Crippen molar-refractivity contribution in [1.82, 2.24) is 25.7 Å². The van der Waals surface area contributed by atoms with E-state index >= 15 is 0 Å². The average molecular weight is 356 g/mol. The maximum Gasteiger partial charge on any atom is 0.251 e. The Bertz CT molecular complexity index is 737. The molecule has 0 spiro atoms. The zero-order valence-electron chi connectivity index (χ0n) is 15.7. The molecule has 26 heavy (non-hydrogen) atoms. The van der Waals surface area contributed by atoms with E-state index in [9.17, 15) is 4.79 Å². The van der Waals surface area contributed by atoms with Crippen LogP contribution in [-0.2, 0) is 19.9 Å². The van der Waals surface area contributed by atoms with Crippen molar-refractivity contribution in [3.8, 4) is 0 Å². The van der Waals surface area contributed by atoms with Crippen LogP contribution in [0.15, 0.2) is 41.7 Å². The molecular weight excluding hydrogens is 328 g/mol. The van der Waals surface area contributed by atoms with Gasteiger partial charge in [0.25, 0.3) is 5.91 Å². The second-order valence-electron chi connectivity index (χ2n) is 5.99. The standard InChI is InChI=1S/C19H28N6O/c1-4-21-19(23-11-9-16-13-24-25(3)14-16)22-10-8-15-6-5-7-17(12-15)18(26)20-2/h5-7,12-14H,4,8-11H2,1-3H3,(H,20,26)(H2,21,22,23). The Labute approximate surface area is 154 Å². The third-order valence-corrected chi connectivity index (χ3v) is 3.90. The lowest BCUT2D eigenvalue weighted by atomic mass is 10.1. The largest absolute Gasteiger partial charge is 0.357 e. The molecule has 0 saturated heterocycles. The number of nitrogens with zero attached hydrogens (tertiary/aromatic N) is 3. The number of aryl methyl sites for hydroxylation is 1. The highest BCUT2D eigenvalue weighted by Crippen LogP contribution is 2.06. The van der Waals surface area contributed by atoms with Gasteiger partial charge in [-0.3, -0.25) is 14.5 Å². The minimum atomic E-state index is -0.0687. The van der Waals surface area contributed by atoms with E-state index in [0.29, 0.717) is 12.1 Å². The fourth-order valence-electron chi connectivity index (χ4n) is 2.58. The molecule has 0 aliphatic rings. The molecule has 140 valence electrons. The van der Waals surface area contributed by atoms with Crippen molar-refractivity contribution in [3.63, 3.8) is 0 Å². The zero-order valence-corrected chi connectivity index (χ0v) is 15.7. The predicted molar refractivity (Wildman–Crippen MR) is 104 cm³/mol. The first-order chi connectivity index (χ1) is 12.6. The number of carbonyl (C=O) groups excluding carboxylic acids is 1. The molecule has 0 saturated carbocycles. The molecule has 2 aromatic rings. The van der Waals surface area contributed by atoms with Crippen LogP contribution in [-0.4, -0.2) is 48.3 Å². The van der Waals surface area contributed by atoms with Gasteiger partial charge in [0.2, 0.25) is 0 Å². The lowest BCUT2D eigenvalue weighted by molar-refractivity contribution is 0.0963. The molecule has 7 heteroatoms. The topological polar surface area (TPSA) is 83.3 Å². The van der Waals surface area contributed by atoms with Gasteiger partial charge < -0.3 is 16.0 Å². The van der Waals surface area contributed by atoms with Gasteiger partial charge in [-0.25, -0.2) is 0 Å². The summed E-state index contributed by atoms with van der Waals surface area (Å²) in [6.07, 6.45) is 5.58. The number of aliphatic imine (C=N–C) groups is 1. The number of amides is 1. The number of benzene rings is 1. The number of guanidine groups is 1. The first-order valence-electron chi connectivity index (χ1n) is 8.93. The van der Waals surface area contributed by atoms with Crippen LogP contribution >= 0.6 is 0 Å². The molecule has 1 heterocycles. The molecule has 3 N–H and O–H groups in total. The quantitative estimate of drug-likeness (QED) is 0.489. The third-order valence-electron chi connectivity index (χ3n) is 3.90. The summed E-state index contributed by atoms with van der Waals surface area (Å²) < 4.78 is 1.81. The number of rotatable bonds is 8. The van der Waals surface area contributed by atoms with Crippen LogP contribution in [0.3, 0.4) is 0 Å². The number of hydrogen-bond donors (Lipinski definition) is 3. The summed E-state index contributed by atoms with van der Waals surface area (Å²) in [6.45, 7) is 4.30. The Morgan fingerprint density at radius 2 is 2.08 bits per heavy atom. The van der Waals surface area contributed by atoms with Crippen LogP contribution in [0, 0.1) is 0 Å². The Hall–Kier alpha value is -2.83. The first kappa shape index (κ1) is 19.5. The Kier molecular flexibility index (Phi) is 7.67. The van der Waals surface area contributed by atoms with Crippen molar-refractivity contribution >= 4 is 11.9 Å². The molecular formula is C19H28N6O. The summed E-state index contributed by atoms with van der Waals surface area (Å²) in [5.41, 5.74) is 2.97. The van der Waals surface area contributed by atoms with E-state index < -0.39 is 0 Å². The summed E-state index contributed by atoms with van der Waals surface area (Å²) in [7, 11) is 3.56. The third kappa shape index (κ3) is 6.23. The molecule has 0 fully saturated rings. The molecule has 1 amide bonds. The SMILES string of the molecule is CCNC(=NCCc1cccc(C(=O)NC)c1)NCCc1cnn(C)c1. The van der Waals surface area contributed by atoms with Crippen molar-refractivity contribution < 1.29 is 4.79 Å². The van der Waals surface area contributed by atoms with Crippen molar-refractivity contribution in [2.45, 2.75) is 19.8 Å². The van der Waals surface area contributed by atoms with Crippen molar-refractivity contribution in [3.05, 3.63) is 53.3 Å². The van der Waals surface area contributed by atoms with Crippen LogP contribution < -0.4 is 16.0 Å². The number of nitrogens with one attached hydrogen (secondary N) is 3. The van der Waals surface area contributed by atoms with Crippen LogP contribution in [0.2, 0.25) is 0 Å². The number of aromatic nitrogens is 2. The molecule has 1 aromatic carbocycles. The number of hydrogen-bond acceptors (Lipinski definition) is 3. The van der Waals surface area contributed by atoms with Crippen molar-refractivity contribution in [1.29, 1.82) is 0 Å². The van der Waals surface area contributed by atoms with Crippen LogP contribution in [0.1, 0.15) is 28.4 Å². The summed E-state index contributed by atoms with van der Waals surface area (Å²) in [5, 5.41) is 13.4. The Balaban J connectivity index is 1.85. The van der Waals surface area contributed by atoms with Crippen LogP contribution in [0.5, 0.6) is 0 Å². The molecule has 0 radical (unpaired) electrons. The van der Waals surface area contributed by atoms with E-state index in [4.69, 9.17) is 0 Å². The highest BCUT2D eigenvalue weighted by atomic mass is 16.1. The average Bonchev–Trinajstić information content (AvgIpc) is 3.06. The fourth-order valence-corrected chi connectivity index (χ4v) is 2.58. The molecule has 0 atom stereocenters. The van der Waals surface area contributed by atoms with Crippen LogP contribution in [0.25, 0.3) is 0 Å². The molecule has 0 unspecified atom stereocenters. The summed E-state index contributed by atoms with van der Waals surface area (Å²) in [4.78, 5) is 16.3. The van der Waals surface area contributed by atoms with E-state index in [1.54, 1.807) is 7.05 Å². The van der Waals surface area contributed by atoms with Gasteiger partial charge in [-0.1, -0.05) is 12.1 Å². The maximum atomic E-state index is 11.7. The number of carbonyl (C=O) groups is 1.